The Balaban J connectivity index is 3.59. The number of ether oxygens (including phenoxy) is 1. The van der Waals surface area contributed by atoms with Crippen LogP contribution in [0.5, 0.6) is 0 Å². The average molecular weight is 360 g/mol. The van der Waals surface area contributed by atoms with Gasteiger partial charge in [0.05, 0.1) is 22.8 Å². The molecule has 0 bridgehead atoms. The number of Topliss-reactive ketones (excluding diaryl/α,β-unsaturated/α-hetero) is 1. The largest absolute Gasteiger partial charge is 0.452 e. The third-order valence-electron chi connectivity index (χ3n) is 3.23. The molecule has 0 N–H and O–H groups in total. The van der Waals surface area contributed by atoms with Gasteiger partial charge in [-0.3, -0.25) is 9.69 Å². The lowest BCUT2D eigenvalue weighted by atomic mass is 9.86. The summed E-state index contributed by atoms with van der Waals surface area (Å²) in [5, 5.41) is 0.540. The van der Waals surface area contributed by atoms with Crippen LogP contribution in [-0.2, 0) is 4.74 Å². The fourth-order valence-corrected chi connectivity index (χ4v) is 2.67. The molecule has 6 heteroatoms. The Bertz CT molecular complexity index is 628. The first-order valence-corrected chi connectivity index (χ1v) is 7.98. The Morgan fingerprint density at radius 1 is 1.00 bits per heavy atom. The summed E-state index contributed by atoms with van der Waals surface area (Å²) in [7, 11) is 1.30. The maximum atomic E-state index is 12.6. The maximum Gasteiger partial charge on any atom is 0.414 e. The van der Waals surface area contributed by atoms with Crippen molar-refractivity contribution in [1.29, 1.82) is 0 Å². The van der Waals surface area contributed by atoms with Gasteiger partial charge in [-0.25, -0.2) is 4.79 Å². The van der Waals surface area contributed by atoms with Gasteiger partial charge in [-0.1, -0.05) is 44.0 Å². The van der Waals surface area contributed by atoms with Gasteiger partial charge in [0, 0.05) is 16.5 Å². The van der Waals surface area contributed by atoms with Crippen LogP contribution >= 0.6 is 23.2 Å². The number of amides is 1. The Labute approximate surface area is 147 Å². The van der Waals surface area contributed by atoms with E-state index in [0.29, 0.717) is 11.3 Å². The topological polar surface area (TPSA) is 46.6 Å². The summed E-state index contributed by atoms with van der Waals surface area (Å²) in [6, 6.07) is 3.04. The van der Waals surface area contributed by atoms with Crippen molar-refractivity contribution in [3.63, 3.8) is 0 Å². The fourth-order valence-electron chi connectivity index (χ4n) is 2.11. The van der Waals surface area contributed by atoms with Crippen LogP contribution in [0.3, 0.4) is 0 Å². The minimum absolute atomic E-state index is 0.126. The number of benzene rings is 1. The van der Waals surface area contributed by atoms with Gasteiger partial charge in [-0.2, -0.15) is 0 Å². The predicted molar refractivity (Wildman–Crippen MR) is 94.9 cm³/mol. The quantitative estimate of drug-likeness (QED) is 0.646. The number of nitrogens with zero attached hydrogens (tertiary/aromatic N) is 1. The molecule has 1 amide bonds. The van der Waals surface area contributed by atoms with Crippen LogP contribution in [0.25, 0.3) is 0 Å². The van der Waals surface area contributed by atoms with E-state index in [9.17, 15) is 9.59 Å². The SMILES string of the molecule is COC(=O)N(c1cc(C(=O)C(C)(C)C)c(Cl)cc1Cl)C(C)(C)C. The zero-order valence-corrected chi connectivity index (χ0v) is 16.1. The third kappa shape index (κ3) is 4.39. The molecule has 0 saturated heterocycles. The molecule has 0 atom stereocenters. The van der Waals surface area contributed by atoms with Crippen LogP contribution < -0.4 is 4.90 Å². The molecule has 0 saturated carbocycles. The number of methoxy groups -OCH3 is 1. The van der Waals surface area contributed by atoms with E-state index in [1.807, 2.05) is 41.5 Å². The van der Waals surface area contributed by atoms with Gasteiger partial charge < -0.3 is 4.74 Å². The van der Waals surface area contributed by atoms with Crippen LogP contribution in [0.1, 0.15) is 51.9 Å². The second-order valence-electron chi connectivity index (χ2n) is 7.34. The van der Waals surface area contributed by atoms with Gasteiger partial charge in [0.15, 0.2) is 5.78 Å². The van der Waals surface area contributed by atoms with Crippen molar-refractivity contribution in [2.24, 2.45) is 5.41 Å². The molecule has 0 aliphatic rings. The van der Waals surface area contributed by atoms with E-state index in [0.717, 1.165) is 0 Å². The fraction of sp³-hybridized carbons (Fsp3) is 0.529. The van der Waals surface area contributed by atoms with Crippen LogP contribution in [0.15, 0.2) is 12.1 Å². The number of anilines is 1. The van der Waals surface area contributed by atoms with Gasteiger partial charge >= 0.3 is 6.09 Å². The molecule has 0 radical (unpaired) electrons. The molecular weight excluding hydrogens is 337 g/mol. The number of halogens is 2. The van der Waals surface area contributed by atoms with Crippen molar-refractivity contribution in [2.75, 3.05) is 12.0 Å². The Hall–Kier alpha value is -1.26. The number of hydrogen-bond donors (Lipinski definition) is 0. The molecule has 0 fully saturated rings. The number of rotatable bonds is 2. The van der Waals surface area contributed by atoms with Gasteiger partial charge in [-0.05, 0) is 32.9 Å². The van der Waals surface area contributed by atoms with E-state index in [4.69, 9.17) is 27.9 Å². The summed E-state index contributed by atoms with van der Waals surface area (Å²) in [4.78, 5) is 26.2. The van der Waals surface area contributed by atoms with E-state index in [-0.39, 0.29) is 15.8 Å². The molecule has 0 spiro atoms. The van der Waals surface area contributed by atoms with E-state index in [1.165, 1.54) is 18.1 Å². The molecule has 4 nitrogen and oxygen atoms in total. The van der Waals surface area contributed by atoms with Gasteiger partial charge in [0.25, 0.3) is 0 Å². The lowest BCUT2D eigenvalue weighted by Gasteiger charge is -2.35. The van der Waals surface area contributed by atoms with Crippen LogP contribution in [0, 0.1) is 5.41 Å². The zero-order valence-electron chi connectivity index (χ0n) is 14.6. The number of hydrogen-bond acceptors (Lipinski definition) is 3. The van der Waals surface area contributed by atoms with Gasteiger partial charge in [0.1, 0.15) is 0 Å². The zero-order chi connectivity index (χ0) is 18.2. The molecule has 1 rings (SSSR count). The highest BCUT2D eigenvalue weighted by Crippen LogP contribution is 2.37. The van der Waals surface area contributed by atoms with Crippen molar-refractivity contribution in [3.8, 4) is 0 Å². The van der Waals surface area contributed by atoms with E-state index in [1.54, 1.807) is 6.07 Å². The summed E-state index contributed by atoms with van der Waals surface area (Å²) in [5.74, 6) is -0.126. The summed E-state index contributed by atoms with van der Waals surface area (Å²) in [6.45, 7) is 11.0. The first kappa shape index (κ1) is 19.8. The monoisotopic (exact) mass is 359 g/mol. The Morgan fingerprint density at radius 3 is 1.91 bits per heavy atom. The lowest BCUT2D eigenvalue weighted by molar-refractivity contribution is 0.0858. The molecule has 0 aromatic heterocycles. The van der Waals surface area contributed by atoms with Crippen molar-refractivity contribution in [1.82, 2.24) is 0 Å². The molecule has 23 heavy (non-hydrogen) atoms. The van der Waals surface area contributed by atoms with Gasteiger partial charge in [-0.15, -0.1) is 0 Å². The second-order valence-corrected chi connectivity index (χ2v) is 8.15. The molecule has 1 aromatic rings. The molecule has 0 aliphatic carbocycles. The molecule has 0 aliphatic heterocycles. The third-order valence-corrected chi connectivity index (χ3v) is 3.85. The standard InChI is InChI=1S/C17H23Cl2NO3/c1-16(2,3)14(21)10-8-13(12(19)9-11(10)18)20(15(22)23-7)17(4,5)6/h8-9H,1-7H3. The normalized spacial score (nSPS) is 12.0. The minimum atomic E-state index is -0.605. The van der Waals surface area contributed by atoms with Crippen molar-refractivity contribution in [3.05, 3.63) is 27.7 Å². The lowest BCUT2D eigenvalue weighted by Crippen LogP contribution is -2.46. The highest BCUT2D eigenvalue weighted by atomic mass is 35.5. The molecular formula is C17H23Cl2NO3. The Morgan fingerprint density at radius 2 is 1.52 bits per heavy atom. The average Bonchev–Trinajstić information content (AvgIpc) is 2.38. The number of carbonyl (C=O) groups is 2. The van der Waals surface area contributed by atoms with Gasteiger partial charge in [0.2, 0.25) is 0 Å². The summed E-state index contributed by atoms with van der Waals surface area (Å²) >= 11 is 12.5. The van der Waals surface area contributed by atoms with Crippen molar-refractivity contribution in [2.45, 2.75) is 47.1 Å². The molecule has 128 valence electrons. The smallest absolute Gasteiger partial charge is 0.414 e. The van der Waals surface area contributed by atoms with Crippen LogP contribution in [0.4, 0.5) is 10.5 Å². The van der Waals surface area contributed by atoms with Crippen LogP contribution in [-0.4, -0.2) is 24.5 Å². The second kappa shape index (κ2) is 6.70. The molecule has 1 aromatic carbocycles. The van der Waals surface area contributed by atoms with E-state index >= 15 is 0 Å². The van der Waals surface area contributed by atoms with E-state index in [2.05, 4.69) is 0 Å². The van der Waals surface area contributed by atoms with Crippen LogP contribution in [0.2, 0.25) is 10.0 Å². The summed E-state index contributed by atoms with van der Waals surface area (Å²) < 4.78 is 4.86. The number of carbonyl (C=O) groups excluding carboxylic acids is 2. The minimum Gasteiger partial charge on any atom is -0.452 e. The predicted octanol–water partition coefficient (Wildman–Crippen LogP) is 5.59. The Kier molecular flexibility index (Phi) is 5.76. The highest BCUT2D eigenvalue weighted by Gasteiger charge is 2.33. The number of ketones is 1. The highest BCUT2D eigenvalue weighted by molar-refractivity contribution is 6.38. The van der Waals surface area contributed by atoms with Crippen molar-refractivity contribution >= 4 is 40.8 Å². The first-order chi connectivity index (χ1) is 10.3. The summed E-state index contributed by atoms with van der Waals surface area (Å²) in [5.41, 5.74) is -0.473. The van der Waals surface area contributed by atoms with Crippen molar-refractivity contribution < 1.29 is 14.3 Å². The van der Waals surface area contributed by atoms with E-state index < -0.39 is 17.0 Å². The molecule has 0 heterocycles. The maximum absolute atomic E-state index is 12.6. The first-order valence-electron chi connectivity index (χ1n) is 7.22. The summed E-state index contributed by atoms with van der Waals surface area (Å²) in [6.07, 6.45) is -0.559. The molecule has 0 unspecified atom stereocenters.